The first-order chi connectivity index (χ1) is 8.56. The Morgan fingerprint density at radius 3 is 3.00 bits per heavy atom. The van der Waals surface area contributed by atoms with Crippen molar-refractivity contribution in [1.82, 2.24) is 4.90 Å². The first kappa shape index (κ1) is 14.0. The Morgan fingerprint density at radius 2 is 2.39 bits per heavy atom. The Balaban J connectivity index is 1.91. The summed E-state index contributed by atoms with van der Waals surface area (Å²) in [6.07, 6.45) is 3.98. The van der Waals surface area contributed by atoms with Crippen molar-refractivity contribution in [1.29, 1.82) is 0 Å². The van der Waals surface area contributed by atoms with Crippen LogP contribution in [0.4, 0.5) is 0 Å². The zero-order valence-corrected chi connectivity index (χ0v) is 13.0. The number of halogens is 1. The van der Waals surface area contributed by atoms with E-state index >= 15 is 0 Å². The molecule has 1 saturated carbocycles. The second kappa shape index (κ2) is 6.17. The summed E-state index contributed by atoms with van der Waals surface area (Å²) >= 11 is 5.11. The lowest BCUT2D eigenvalue weighted by Gasteiger charge is -2.29. The normalized spacial score (nSPS) is 23.9. The predicted octanol–water partition coefficient (Wildman–Crippen LogP) is 2.99. The van der Waals surface area contributed by atoms with Crippen LogP contribution in [0.15, 0.2) is 15.9 Å². The van der Waals surface area contributed by atoms with Gasteiger partial charge in [-0.05, 0) is 41.3 Å². The van der Waals surface area contributed by atoms with Crippen molar-refractivity contribution in [2.75, 3.05) is 7.05 Å². The fraction of sp³-hybridized carbons (Fsp3) is 0.615. The highest BCUT2D eigenvalue weighted by molar-refractivity contribution is 9.10. The van der Waals surface area contributed by atoms with E-state index in [1.165, 1.54) is 4.88 Å². The lowest BCUT2D eigenvalue weighted by Crippen LogP contribution is -2.38. The summed E-state index contributed by atoms with van der Waals surface area (Å²) in [4.78, 5) is 15.4. The number of nitrogens with two attached hydrogens (primary N) is 1. The summed E-state index contributed by atoms with van der Waals surface area (Å²) < 4.78 is 1.09. The number of rotatable bonds is 3. The highest BCUT2D eigenvalue weighted by Crippen LogP contribution is 2.26. The van der Waals surface area contributed by atoms with Gasteiger partial charge in [0.05, 0.1) is 6.54 Å². The minimum Gasteiger partial charge on any atom is -0.340 e. The van der Waals surface area contributed by atoms with E-state index in [-0.39, 0.29) is 17.9 Å². The summed E-state index contributed by atoms with van der Waals surface area (Å²) in [6.45, 7) is 0.695. The Kier molecular flexibility index (Phi) is 4.81. The maximum atomic E-state index is 12.3. The van der Waals surface area contributed by atoms with Gasteiger partial charge in [0.1, 0.15) is 0 Å². The monoisotopic (exact) mass is 330 g/mol. The third-order valence-electron chi connectivity index (χ3n) is 3.46. The van der Waals surface area contributed by atoms with Crippen molar-refractivity contribution in [3.63, 3.8) is 0 Å². The van der Waals surface area contributed by atoms with Gasteiger partial charge in [-0.25, -0.2) is 0 Å². The van der Waals surface area contributed by atoms with Crippen molar-refractivity contribution < 1.29 is 4.79 Å². The smallest absolute Gasteiger partial charge is 0.225 e. The number of thiophene rings is 1. The van der Waals surface area contributed by atoms with E-state index in [9.17, 15) is 4.79 Å². The second-order valence-electron chi connectivity index (χ2n) is 5.05. The minimum absolute atomic E-state index is 0.127. The van der Waals surface area contributed by atoms with Gasteiger partial charge in [0.2, 0.25) is 5.91 Å². The highest BCUT2D eigenvalue weighted by atomic mass is 79.9. The fourth-order valence-electron chi connectivity index (χ4n) is 2.51. The average molecular weight is 331 g/mol. The lowest BCUT2D eigenvalue weighted by molar-refractivity contribution is -0.135. The van der Waals surface area contributed by atoms with E-state index in [0.29, 0.717) is 6.54 Å². The molecule has 3 nitrogen and oxygen atoms in total. The molecule has 2 rings (SSSR count). The van der Waals surface area contributed by atoms with Crippen LogP contribution in [0.2, 0.25) is 0 Å². The molecule has 0 spiro atoms. The molecular formula is C13H19BrN2OS. The zero-order chi connectivity index (χ0) is 13.1. The molecule has 18 heavy (non-hydrogen) atoms. The fourth-order valence-corrected chi connectivity index (χ4v) is 4.02. The van der Waals surface area contributed by atoms with E-state index in [1.54, 1.807) is 11.3 Å². The van der Waals surface area contributed by atoms with E-state index in [0.717, 1.165) is 30.2 Å². The molecule has 100 valence electrons. The molecule has 1 amide bonds. The molecule has 1 aromatic heterocycles. The zero-order valence-electron chi connectivity index (χ0n) is 10.6. The van der Waals surface area contributed by atoms with E-state index in [4.69, 9.17) is 5.73 Å². The third-order valence-corrected chi connectivity index (χ3v) is 5.14. The van der Waals surface area contributed by atoms with Crippen molar-refractivity contribution >= 4 is 33.2 Å². The molecule has 0 aliphatic heterocycles. The molecule has 2 N–H and O–H groups in total. The quantitative estimate of drug-likeness (QED) is 0.925. The molecule has 1 heterocycles. The van der Waals surface area contributed by atoms with Gasteiger partial charge in [0.15, 0.2) is 0 Å². The van der Waals surface area contributed by atoms with Crippen molar-refractivity contribution in [3.05, 3.63) is 20.8 Å². The second-order valence-corrected chi connectivity index (χ2v) is 6.96. The molecule has 0 aromatic carbocycles. The first-order valence-corrected chi connectivity index (χ1v) is 7.97. The molecule has 1 aliphatic rings. The van der Waals surface area contributed by atoms with Crippen LogP contribution in [-0.4, -0.2) is 23.9 Å². The molecule has 5 heteroatoms. The predicted molar refractivity (Wildman–Crippen MR) is 78.4 cm³/mol. The standard InChI is InChI=1S/C13H19BrN2OS/c1-16(7-12-6-10(14)8-18-12)13(17)9-3-2-4-11(15)5-9/h6,8-9,11H,2-5,7,15H2,1H3. The van der Waals surface area contributed by atoms with Crippen LogP contribution in [0.3, 0.4) is 0 Å². The van der Waals surface area contributed by atoms with Crippen LogP contribution in [0.25, 0.3) is 0 Å². The van der Waals surface area contributed by atoms with Crippen LogP contribution in [0, 0.1) is 5.92 Å². The number of carbonyl (C=O) groups excluding carboxylic acids is 1. The summed E-state index contributed by atoms with van der Waals surface area (Å²) in [5.74, 6) is 0.372. The summed E-state index contributed by atoms with van der Waals surface area (Å²) in [7, 11) is 1.89. The molecule has 1 fully saturated rings. The molecule has 2 unspecified atom stereocenters. The Hall–Kier alpha value is -0.390. The SMILES string of the molecule is CN(Cc1cc(Br)cs1)C(=O)C1CCCC(N)C1. The molecule has 1 aliphatic carbocycles. The van der Waals surface area contributed by atoms with Gasteiger partial charge in [-0.3, -0.25) is 4.79 Å². The molecule has 0 saturated heterocycles. The van der Waals surface area contributed by atoms with Crippen LogP contribution in [-0.2, 0) is 11.3 Å². The number of hydrogen-bond acceptors (Lipinski definition) is 3. The topological polar surface area (TPSA) is 46.3 Å². The highest BCUT2D eigenvalue weighted by Gasteiger charge is 2.27. The summed E-state index contributed by atoms with van der Waals surface area (Å²) in [5.41, 5.74) is 5.94. The van der Waals surface area contributed by atoms with Crippen LogP contribution in [0.1, 0.15) is 30.6 Å². The van der Waals surface area contributed by atoms with Crippen LogP contribution in [0.5, 0.6) is 0 Å². The Labute approximate surface area is 120 Å². The molecule has 1 aromatic rings. The van der Waals surface area contributed by atoms with Gasteiger partial charge >= 0.3 is 0 Å². The molecule has 2 atom stereocenters. The van der Waals surface area contributed by atoms with E-state index in [2.05, 4.69) is 22.0 Å². The molecule has 0 radical (unpaired) electrons. The van der Waals surface area contributed by atoms with Gasteiger partial charge in [-0.1, -0.05) is 6.42 Å². The molecular weight excluding hydrogens is 312 g/mol. The van der Waals surface area contributed by atoms with E-state index in [1.807, 2.05) is 17.3 Å². The average Bonchev–Trinajstić information content (AvgIpc) is 2.73. The maximum absolute atomic E-state index is 12.3. The van der Waals surface area contributed by atoms with Crippen molar-refractivity contribution in [2.45, 2.75) is 38.3 Å². The third kappa shape index (κ3) is 3.56. The van der Waals surface area contributed by atoms with Gasteiger partial charge in [-0.15, -0.1) is 11.3 Å². The van der Waals surface area contributed by atoms with E-state index < -0.39 is 0 Å². The summed E-state index contributed by atoms with van der Waals surface area (Å²) in [5, 5.41) is 2.05. The lowest BCUT2D eigenvalue weighted by atomic mass is 9.85. The number of hydrogen-bond donors (Lipinski definition) is 1. The van der Waals surface area contributed by atoms with Gasteiger partial charge in [-0.2, -0.15) is 0 Å². The van der Waals surface area contributed by atoms with Gasteiger partial charge in [0.25, 0.3) is 0 Å². The van der Waals surface area contributed by atoms with Crippen LogP contribution >= 0.6 is 27.3 Å². The number of carbonyl (C=O) groups is 1. The minimum atomic E-state index is 0.127. The molecule has 0 bridgehead atoms. The maximum Gasteiger partial charge on any atom is 0.225 e. The van der Waals surface area contributed by atoms with Crippen molar-refractivity contribution in [2.24, 2.45) is 11.7 Å². The summed E-state index contributed by atoms with van der Waals surface area (Å²) in [6, 6.07) is 2.28. The largest absolute Gasteiger partial charge is 0.340 e. The van der Waals surface area contributed by atoms with Gasteiger partial charge in [0, 0.05) is 33.7 Å². The first-order valence-electron chi connectivity index (χ1n) is 6.29. The number of nitrogens with zero attached hydrogens (tertiary/aromatic N) is 1. The van der Waals surface area contributed by atoms with Crippen molar-refractivity contribution in [3.8, 4) is 0 Å². The Bertz CT molecular complexity index is 421. The Morgan fingerprint density at radius 1 is 1.61 bits per heavy atom. The number of amides is 1. The van der Waals surface area contributed by atoms with Gasteiger partial charge < -0.3 is 10.6 Å². The van der Waals surface area contributed by atoms with Crippen LogP contribution < -0.4 is 5.73 Å².